The molecule has 0 aliphatic heterocycles. The van der Waals surface area contributed by atoms with E-state index in [-0.39, 0.29) is 0 Å². The largest absolute Gasteiger partial charge is 0.130 e. The molecule has 0 bridgehead atoms. The Morgan fingerprint density at radius 1 is 0.423 bits per heavy atom. The van der Waals surface area contributed by atoms with Gasteiger partial charge in [-0.3, -0.25) is 0 Å². The first-order valence-electron chi connectivity index (χ1n) is 8.83. The van der Waals surface area contributed by atoms with Crippen molar-refractivity contribution in [3.63, 3.8) is 0 Å². The molecular formula is C25H18S. The molecule has 0 nitrogen and oxygen atoms in total. The van der Waals surface area contributed by atoms with Gasteiger partial charge >= 0.3 is 0 Å². The molecule has 26 heavy (non-hydrogen) atoms. The average molecular weight is 350 g/mol. The van der Waals surface area contributed by atoms with Crippen LogP contribution in [0.2, 0.25) is 0 Å². The van der Waals surface area contributed by atoms with E-state index in [0.717, 1.165) is 0 Å². The van der Waals surface area contributed by atoms with Crippen LogP contribution in [0.5, 0.6) is 0 Å². The fourth-order valence-electron chi connectivity index (χ4n) is 3.97. The van der Waals surface area contributed by atoms with E-state index in [4.69, 9.17) is 0 Å². The minimum absolute atomic E-state index is 1.30. The number of fused-ring (bicyclic) bond motifs is 4. The summed E-state index contributed by atoms with van der Waals surface area (Å²) in [7, 11) is 0. The van der Waals surface area contributed by atoms with Crippen molar-refractivity contribution in [1.82, 2.24) is 0 Å². The molecule has 1 heteroatoms. The molecule has 0 N–H and O–H groups in total. The van der Waals surface area contributed by atoms with E-state index in [9.17, 15) is 0 Å². The van der Waals surface area contributed by atoms with Crippen LogP contribution in [0.3, 0.4) is 0 Å². The molecule has 0 saturated heterocycles. The van der Waals surface area contributed by atoms with Gasteiger partial charge in [0.1, 0.15) is 0 Å². The first-order valence-corrected chi connectivity index (χ1v) is 10.1. The molecule has 0 saturated carbocycles. The van der Waals surface area contributed by atoms with Gasteiger partial charge in [-0.25, -0.2) is 0 Å². The van der Waals surface area contributed by atoms with Gasteiger partial charge in [-0.2, -0.15) is 0 Å². The Balaban J connectivity index is 2.40. The molecule has 0 atom stereocenters. The molecule has 0 fully saturated rings. The molecule has 4 aromatic carbocycles. The van der Waals surface area contributed by atoms with Crippen LogP contribution >= 0.6 is 11.8 Å². The van der Waals surface area contributed by atoms with Crippen molar-refractivity contribution >= 4 is 11.8 Å². The molecule has 0 aromatic heterocycles. The number of thioether (sulfide) groups is 1. The Morgan fingerprint density at radius 2 is 0.769 bits per heavy atom. The molecule has 0 unspecified atom stereocenters. The molecule has 0 radical (unpaired) electrons. The van der Waals surface area contributed by atoms with Crippen molar-refractivity contribution in [3.05, 3.63) is 133 Å². The lowest BCUT2D eigenvalue weighted by atomic mass is 10.0. The van der Waals surface area contributed by atoms with Crippen molar-refractivity contribution in [3.8, 4) is 0 Å². The Bertz CT molecular complexity index is 1510. The van der Waals surface area contributed by atoms with Gasteiger partial charge in [0.2, 0.25) is 0 Å². The lowest BCUT2D eigenvalue weighted by Crippen LogP contribution is -1.89. The van der Waals surface area contributed by atoms with Crippen LogP contribution in [0, 0.1) is 41.7 Å². The van der Waals surface area contributed by atoms with Crippen molar-refractivity contribution in [2.24, 2.45) is 0 Å². The van der Waals surface area contributed by atoms with E-state index in [0.29, 0.717) is 0 Å². The maximum absolute atomic E-state index is 2.34. The normalized spacial score (nSPS) is 17.0. The smallest absolute Gasteiger partial charge is 0.00757 e. The van der Waals surface area contributed by atoms with Crippen molar-refractivity contribution in [2.45, 2.75) is 4.90 Å². The van der Waals surface area contributed by atoms with Crippen molar-refractivity contribution in [1.29, 1.82) is 0 Å². The van der Waals surface area contributed by atoms with E-state index in [1.165, 1.54) is 46.6 Å². The van der Waals surface area contributed by atoms with E-state index >= 15 is 0 Å². The number of benzene rings is 4. The van der Waals surface area contributed by atoms with E-state index < -0.39 is 0 Å². The van der Waals surface area contributed by atoms with Gasteiger partial charge in [0.05, 0.1) is 0 Å². The molecule has 1 aliphatic rings. The summed E-state index contributed by atoms with van der Waals surface area (Å²) in [5.41, 5.74) is 0. The highest BCUT2D eigenvalue weighted by Gasteiger charge is 2.01. The molecule has 4 aromatic rings. The van der Waals surface area contributed by atoms with Crippen LogP contribution in [0.25, 0.3) is 0 Å². The fourth-order valence-corrected chi connectivity index (χ4v) is 4.41. The third kappa shape index (κ3) is 2.32. The maximum atomic E-state index is 2.34. The Labute approximate surface area is 155 Å². The van der Waals surface area contributed by atoms with Crippen LogP contribution in [-0.2, 0) is 0 Å². The zero-order chi connectivity index (χ0) is 17.5. The summed E-state index contributed by atoms with van der Waals surface area (Å²) >= 11 is 1.80. The zero-order valence-electron chi connectivity index (χ0n) is 14.6. The van der Waals surface area contributed by atoms with Gasteiger partial charge in [-0.05, 0) is 60.1 Å². The monoisotopic (exact) mass is 350 g/mol. The van der Waals surface area contributed by atoms with Crippen LogP contribution in [-0.4, -0.2) is 6.26 Å². The number of hydrogen-bond donors (Lipinski definition) is 0. The highest BCUT2D eigenvalue weighted by Crippen LogP contribution is 2.18. The topological polar surface area (TPSA) is 0 Å². The molecule has 0 spiro atoms. The molecule has 1 aliphatic carbocycles. The summed E-state index contributed by atoms with van der Waals surface area (Å²) in [4.78, 5) is 1.30. The van der Waals surface area contributed by atoms with Gasteiger partial charge in [-0.1, -0.05) is 78.9 Å². The van der Waals surface area contributed by atoms with E-state index in [1.807, 2.05) is 0 Å². The Hall–Kier alpha value is -2.77. The van der Waals surface area contributed by atoms with E-state index in [1.54, 1.807) is 11.8 Å². The lowest BCUT2D eigenvalue weighted by molar-refractivity contribution is 1.26. The first kappa shape index (κ1) is 15.5. The van der Waals surface area contributed by atoms with Crippen LogP contribution in [0.4, 0.5) is 0 Å². The minimum atomic E-state index is 1.30. The fraction of sp³-hybridized carbons (Fsp3) is 0.0400. The highest BCUT2D eigenvalue weighted by molar-refractivity contribution is 7.98. The van der Waals surface area contributed by atoms with Crippen LogP contribution in [0.1, 0.15) is 0 Å². The average Bonchev–Trinajstić information content (AvgIpc) is 2.72. The second kappa shape index (κ2) is 6.19. The van der Waals surface area contributed by atoms with Crippen molar-refractivity contribution < 1.29 is 0 Å². The second-order valence-electron chi connectivity index (χ2n) is 6.55. The summed E-state index contributed by atoms with van der Waals surface area (Å²) in [5, 5.41) is 10.4. The lowest BCUT2D eigenvalue weighted by Gasteiger charge is -2.04. The molecular weight excluding hydrogens is 332 g/mol. The van der Waals surface area contributed by atoms with Crippen LogP contribution < -0.4 is 0 Å². The van der Waals surface area contributed by atoms with Gasteiger partial charge in [0, 0.05) is 4.90 Å². The van der Waals surface area contributed by atoms with Crippen LogP contribution in [0.15, 0.2) is 95.9 Å². The van der Waals surface area contributed by atoms with Gasteiger partial charge in [0.25, 0.3) is 0 Å². The molecule has 0 heterocycles. The van der Waals surface area contributed by atoms with E-state index in [2.05, 4.69) is 97.3 Å². The third-order valence-electron chi connectivity index (χ3n) is 5.17. The number of rotatable bonds is 1. The maximum Gasteiger partial charge on any atom is 0.00757 e. The number of hydrogen-bond acceptors (Lipinski definition) is 1. The molecule has 124 valence electrons. The summed E-state index contributed by atoms with van der Waals surface area (Å²) in [6, 6.07) is 33.2. The summed E-state index contributed by atoms with van der Waals surface area (Å²) in [6.07, 6.45) is 2.14. The minimum Gasteiger partial charge on any atom is -0.130 e. The predicted molar refractivity (Wildman–Crippen MR) is 108 cm³/mol. The molecule has 5 rings (SSSR count). The van der Waals surface area contributed by atoms with Gasteiger partial charge in [0.15, 0.2) is 0 Å². The highest BCUT2D eigenvalue weighted by atomic mass is 32.2. The summed E-state index contributed by atoms with van der Waals surface area (Å²) in [6.45, 7) is 0. The Morgan fingerprint density at radius 3 is 1.15 bits per heavy atom. The standard InChI is InChI=1S/C25H18S/c1-26-17-14-15-24-22-12-5-4-10-20(22)18-8-2-3-9-19(18)21-11-6-7-13-23(21)25(24)16-17/h2-16H,1H3/b20-18-,21-19-,24-22-,25-23-. The summed E-state index contributed by atoms with van der Waals surface area (Å²) < 4.78 is 0. The van der Waals surface area contributed by atoms with Gasteiger partial charge < -0.3 is 0 Å². The van der Waals surface area contributed by atoms with Gasteiger partial charge in [-0.15, -0.1) is 11.8 Å². The Kier molecular flexibility index (Phi) is 3.69. The molecule has 0 amide bonds. The summed E-state index contributed by atoms with van der Waals surface area (Å²) in [5.74, 6) is 0. The predicted octanol–water partition coefficient (Wildman–Crippen LogP) is 5.87. The second-order valence-corrected chi connectivity index (χ2v) is 7.43. The third-order valence-corrected chi connectivity index (χ3v) is 5.89. The quantitative estimate of drug-likeness (QED) is 0.341. The van der Waals surface area contributed by atoms with Crippen molar-refractivity contribution in [2.75, 3.05) is 6.26 Å². The zero-order valence-corrected chi connectivity index (χ0v) is 15.4. The first-order chi connectivity index (χ1) is 12.9. The SMILES string of the molecule is CSc1ccc2/c(c1)=c1/cccc/c1=c1\cccc\c1=c1/cccc/c1=2.